The average Bonchev–Trinajstić information content (AvgIpc) is 3.19. The second-order valence-corrected chi connectivity index (χ2v) is 8.30. The van der Waals surface area contributed by atoms with Gasteiger partial charge in [-0.1, -0.05) is 78.9 Å². The molecule has 4 heteroatoms. The Morgan fingerprint density at radius 2 is 1.42 bits per heavy atom. The number of hydrogen-bond donors (Lipinski definition) is 1. The van der Waals surface area contributed by atoms with E-state index in [9.17, 15) is 0 Å². The van der Waals surface area contributed by atoms with Gasteiger partial charge in [-0.2, -0.15) is 0 Å². The van der Waals surface area contributed by atoms with Crippen molar-refractivity contribution >= 4 is 17.2 Å². The van der Waals surface area contributed by atoms with Crippen molar-refractivity contribution in [2.24, 2.45) is 0 Å². The van der Waals surface area contributed by atoms with E-state index in [2.05, 4.69) is 78.2 Å². The molecule has 1 N–H and O–H groups in total. The monoisotopic (exact) mass is 433 g/mol. The van der Waals surface area contributed by atoms with Gasteiger partial charge in [0.25, 0.3) is 0 Å². The van der Waals surface area contributed by atoms with Crippen molar-refractivity contribution in [1.82, 2.24) is 9.38 Å². The quantitative estimate of drug-likeness (QED) is 0.305. The summed E-state index contributed by atoms with van der Waals surface area (Å²) >= 11 is 0. The van der Waals surface area contributed by atoms with Gasteiger partial charge in [-0.05, 0) is 48.2 Å². The molecule has 0 spiro atoms. The van der Waals surface area contributed by atoms with Crippen molar-refractivity contribution in [2.45, 2.75) is 26.9 Å². The number of nitrogens with zero attached hydrogens (tertiary/aromatic N) is 2. The van der Waals surface area contributed by atoms with E-state index >= 15 is 0 Å². The number of aryl methyl sites for hydroxylation is 2. The maximum Gasteiger partial charge on any atom is 0.181 e. The summed E-state index contributed by atoms with van der Waals surface area (Å²) in [4.78, 5) is 5.05. The van der Waals surface area contributed by atoms with Crippen LogP contribution in [0, 0.1) is 13.8 Å². The highest BCUT2D eigenvalue weighted by Crippen LogP contribution is 2.32. The summed E-state index contributed by atoms with van der Waals surface area (Å²) in [6.07, 6.45) is 2.77. The molecule has 2 aromatic heterocycles. The van der Waals surface area contributed by atoms with Crippen LogP contribution in [0.5, 0.6) is 5.75 Å². The fraction of sp³-hybridized carbons (Fsp3) is 0.138. The molecule has 0 aliphatic rings. The molecular formula is C29H27N3O. The van der Waals surface area contributed by atoms with E-state index in [1.165, 1.54) is 16.7 Å². The SMILES string of the molecule is Cc1cccc(C)c1Nc1c(Cc2ccccc2)nc2c(OCc3ccccc3)cccn12. The van der Waals surface area contributed by atoms with Crippen LogP contribution in [0.4, 0.5) is 11.5 Å². The van der Waals surface area contributed by atoms with Crippen molar-refractivity contribution in [1.29, 1.82) is 0 Å². The molecule has 0 atom stereocenters. The molecule has 4 nitrogen and oxygen atoms in total. The summed E-state index contributed by atoms with van der Waals surface area (Å²) in [5.74, 6) is 1.74. The van der Waals surface area contributed by atoms with Gasteiger partial charge >= 0.3 is 0 Å². The lowest BCUT2D eigenvalue weighted by Gasteiger charge is -2.14. The molecule has 3 aromatic carbocycles. The van der Waals surface area contributed by atoms with Gasteiger partial charge in [0, 0.05) is 18.3 Å². The van der Waals surface area contributed by atoms with Crippen LogP contribution in [0.2, 0.25) is 0 Å². The maximum atomic E-state index is 6.21. The van der Waals surface area contributed by atoms with Gasteiger partial charge in [-0.15, -0.1) is 0 Å². The zero-order chi connectivity index (χ0) is 22.6. The minimum Gasteiger partial charge on any atom is -0.485 e. The number of benzene rings is 3. The third-order valence-electron chi connectivity index (χ3n) is 5.86. The Hall–Kier alpha value is -4.05. The average molecular weight is 434 g/mol. The first-order valence-corrected chi connectivity index (χ1v) is 11.2. The first-order valence-electron chi connectivity index (χ1n) is 11.2. The Kier molecular flexibility index (Phi) is 5.81. The number of anilines is 2. The minimum atomic E-state index is 0.501. The predicted octanol–water partition coefficient (Wildman–Crippen LogP) is 6.86. The third-order valence-corrected chi connectivity index (χ3v) is 5.86. The minimum absolute atomic E-state index is 0.501. The standard InChI is InChI=1S/C29H27N3O/c1-21-11-9-12-22(2)27(21)31-28-25(19-23-13-5-3-6-14-23)30-29-26(17-10-18-32(28)29)33-20-24-15-7-4-8-16-24/h3-18,31H,19-20H2,1-2H3. The Bertz CT molecular complexity index is 1350. The van der Waals surface area contributed by atoms with Crippen LogP contribution in [0.15, 0.2) is 97.2 Å². The molecule has 0 saturated heterocycles. The fourth-order valence-corrected chi connectivity index (χ4v) is 4.11. The lowest BCUT2D eigenvalue weighted by atomic mass is 10.1. The smallest absolute Gasteiger partial charge is 0.181 e. The first kappa shape index (κ1) is 20.8. The number of ether oxygens (including phenoxy) is 1. The van der Waals surface area contributed by atoms with Crippen LogP contribution < -0.4 is 10.1 Å². The lowest BCUT2D eigenvalue weighted by Crippen LogP contribution is -2.03. The van der Waals surface area contributed by atoms with Crippen LogP contribution in [-0.2, 0) is 13.0 Å². The molecule has 0 radical (unpaired) electrons. The topological polar surface area (TPSA) is 38.6 Å². The molecule has 0 unspecified atom stereocenters. The van der Waals surface area contributed by atoms with E-state index in [0.29, 0.717) is 6.61 Å². The number of rotatable bonds is 7. The van der Waals surface area contributed by atoms with Crippen molar-refractivity contribution in [3.63, 3.8) is 0 Å². The summed E-state index contributed by atoms with van der Waals surface area (Å²) in [5, 5.41) is 3.70. The van der Waals surface area contributed by atoms with E-state index in [-0.39, 0.29) is 0 Å². The molecule has 5 rings (SSSR count). The highest BCUT2D eigenvalue weighted by atomic mass is 16.5. The molecule has 0 bridgehead atoms. The highest BCUT2D eigenvalue weighted by Gasteiger charge is 2.17. The number of nitrogens with one attached hydrogen (secondary N) is 1. The zero-order valence-corrected chi connectivity index (χ0v) is 19.0. The Balaban J connectivity index is 1.57. The zero-order valence-electron chi connectivity index (χ0n) is 19.0. The summed E-state index contributed by atoms with van der Waals surface area (Å²) in [7, 11) is 0. The van der Waals surface area contributed by atoms with Crippen molar-refractivity contribution in [3.05, 3.63) is 125 Å². The van der Waals surface area contributed by atoms with Crippen LogP contribution in [0.25, 0.3) is 5.65 Å². The number of fused-ring (bicyclic) bond motifs is 1. The predicted molar refractivity (Wildman–Crippen MR) is 134 cm³/mol. The summed E-state index contributed by atoms with van der Waals surface area (Å²) in [6.45, 7) is 4.76. The van der Waals surface area contributed by atoms with Crippen LogP contribution >= 0.6 is 0 Å². The van der Waals surface area contributed by atoms with E-state index in [4.69, 9.17) is 9.72 Å². The van der Waals surface area contributed by atoms with Gasteiger partial charge in [-0.3, -0.25) is 4.40 Å². The Morgan fingerprint density at radius 1 is 0.758 bits per heavy atom. The van der Waals surface area contributed by atoms with E-state index < -0.39 is 0 Å². The molecule has 0 saturated carbocycles. The molecule has 0 aliphatic heterocycles. The highest BCUT2D eigenvalue weighted by molar-refractivity contribution is 5.71. The lowest BCUT2D eigenvalue weighted by molar-refractivity contribution is 0.308. The van der Waals surface area contributed by atoms with Gasteiger partial charge < -0.3 is 10.1 Å². The van der Waals surface area contributed by atoms with Gasteiger partial charge in [-0.25, -0.2) is 4.98 Å². The molecule has 0 amide bonds. The van der Waals surface area contributed by atoms with Crippen molar-refractivity contribution in [2.75, 3.05) is 5.32 Å². The van der Waals surface area contributed by atoms with E-state index in [0.717, 1.165) is 40.6 Å². The van der Waals surface area contributed by atoms with Crippen LogP contribution in [0.1, 0.15) is 27.9 Å². The third kappa shape index (κ3) is 4.46. The summed E-state index contributed by atoms with van der Waals surface area (Å²) < 4.78 is 8.31. The van der Waals surface area contributed by atoms with E-state index in [1.54, 1.807) is 0 Å². The number of hydrogen-bond acceptors (Lipinski definition) is 3. The molecule has 0 aliphatic carbocycles. The van der Waals surface area contributed by atoms with Gasteiger partial charge in [0.2, 0.25) is 0 Å². The van der Waals surface area contributed by atoms with Gasteiger partial charge in [0.1, 0.15) is 12.4 Å². The second kappa shape index (κ2) is 9.21. The number of para-hydroxylation sites is 1. The maximum absolute atomic E-state index is 6.21. The molecule has 33 heavy (non-hydrogen) atoms. The molecular weight excluding hydrogens is 406 g/mol. The van der Waals surface area contributed by atoms with Crippen LogP contribution in [0.3, 0.4) is 0 Å². The summed E-state index contributed by atoms with van der Waals surface area (Å²) in [5.41, 5.74) is 7.66. The Morgan fingerprint density at radius 3 is 2.12 bits per heavy atom. The number of imidazole rings is 1. The normalized spacial score (nSPS) is 11.0. The molecule has 164 valence electrons. The fourth-order valence-electron chi connectivity index (χ4n) is 4.11. The number of pyridine rings is 1. The van der Waals surface area contributed by atoms with Crippen molar-refractivity contribution < 1.29 is 4.74 Å². The van der Waals surface area contributed by atoms with Crippen molar-refractivity contribution in [3.8, 4) is 5.75 Å². The van der Waals surface area contributed by atoms with Gasteiger partial charge in [0.15, 0.2) is 11.4 Å². The van der Waals surface area contributed by atoms with E-state index in [1.807, 2.05) is 42.6 Å². The Labute approximate surface area is 194 Å². The largest absolute Gasteiger partial charge is 0.485 e. The molecule has 5 aromatic rings. The van der Waals surface area contributed by atoms with Crippen LogP contribution in [-0.4, -0.2) is 9.38 Å². The first-order chi connectivity index (χ1) is 16.2. The molecule has 0 fully saturated rings. The second-order valence-electron chi connectivity index (χ2n) is 8.30. The molecule has 2 heterocycles. The number of aromatic nitrogens is 2. The van der Waals surface area contributed by atoms with Gasteiger partial charge in [0.05, 0.1) is 5.69 Å². The summed E-state index contributed by atoms with van der Waals surface area (Å²) in [6, 6.07) is 31.0.